The van der Waals surface area contributed by atoms with Crippen molar-refractivity contribution >= 4 is 0 Å². The topological polar surface area (TPSA) is 0 Å². The van der Waals surface area contributed by atoms with Crippen LogP contribution in [-0.2, 0) is 0 Å². The summed E-state index contributed by atoms with van der Waals surface area (Å²) in [6, 6.07) is 0. The Kier molecular flexibility index (Phi) is 9.56. The Labute approximate surface area is 76.7 Å². The van der Waals surface area contributed by atoms with Crippen molar-refractivity contribution in [3.8, 4) is 0 Å². The molecule has 0 aromatic rings. The second kappa shape index (κ2) is 10.2. The number of unbranched alkanes of at least 4 members (excludes halogenated alkanes) is 2. The summed E-state index contributed by atoms with van der Waals surface area (Å²) in [5.41, 5.74) is 0. The molecule has 0 bridgehead atoms. The minimum atomic E-state index is 1.18. The number of hydrogen-bond acceptors (Lipinski definition) is 0. The third kappa shape index (κ3) is 9.22. The molecule has 0 fully saturated rings. The van der Waals surface area contributed by atoms with Gasteiger partial charge >= 0.3 is 0 Å². The first-order chi connectivity index (χ1) is 5.91. The van der Waals surface area contributed by atoms with Crippen LogP contribution in [0.5, 0.6) is 0 Å². The number of rotatable bonds is 6. The van der Waals surface area contributed by atoms with Gasteiger partial charge in [0.2, 0.25) is 0 Å². The predicted molar refractivity (Wildman–Crippen MR) is 57.2 cm³/mol. The van der Waals surface area contributed by atoms with Crippen molar-refractivity contribution in [3.05, 3.63) is 36.5 Å². The van der Waals surface area contributed by atoms with E-state index in [2.05, 4.69) is 50.3 Å². The van der Waals surface area contributed by atoms with E-state index in [1.165, 1.54) is 25.7 Å². The molecule has 0 unspecified atom stereocenters. The average molecular weight is 164 g/mol. The van der Waals surface area contributed by atoms with Crippen molar-refractivity contribution in [2.45, 2.75) is 39.5 Å². The Bertz CT molecular complexity index is 131. The molecule has 0 saturated carbocycles. The zero-order valence-electron chi connectivity index (χ0n) is 8.29. The predicted octanol–water partition coefficient (Wildman–Crippen LogP) is 4.26. The molecule has 0 aromatic heterocycles. The van der Waals surface area contributed by atoms with E-state index in [0.29, 0.717) is 0 Å². The molecule has 0 amide bonds. The van der Waals surface area contributed by atoms with Gasteiger partial charge in [0, 0.05) is 0 Å². The molecule has 0 spiro atoms. The summed E-state index contributed by atoms with van der Waals surface area (Å²) in [4.78, 5) is 0. The molecule has 0 aliphatic carbocycles. The normalized spacial score (nSPS) is 12.5. The molecule has 0 heteroatoms. The van der Waals surface area contributed by atoms with Crippen LogP contribution in [-0.4, -0.2) is 0 Å². The third-order valence-electron chi connectivity index (χ3n) is 1.64. The van der Waals surface area contributed by atoms with Gasteiger partial charge in [-0.25, -0.2) is 0 Å². The Balaban J connectivity index is 3.14. The quantitative estimate of drug-likeness (QED) is 0.406. The SMILES string of the molecule is C/C=C/CC/C=C/CC/C=C/C. The maximum absolute atomic E-state index is 2.27. The number of hydrogen-bond donors (Lipinski definition) is 0. The lowest BCUT2D eigenvalue weighted by atomic mass is 10.2. The van der Waals surface area contributed by atoms with Crippen LogP contribution in [0.2, 0.25) is 0 Å². The Morgan fingerprint density at radius 1 is 0.583 bits per heavy atom. The van der Waals surface area contributed by atoms with Crippen LogP contribution in [0.3, 0.4) is 0 Å². The summed E-state index contributed by atoms with van der Waals surface area (Å²) in [5.74, 6) is 0. The van der Waals surface area contributed by atoms with Gasteiger partial charge in [0.15, 0.2) is 0 Å². The van der Waals surface area contributed by atoms with Gasteiger partial charge in [0.1, 0.15) is 0 Å². The summed E-state index contributed by atoms with van der Waals surface area (Å²) in [6.07, 6.45) is 17.9. The van der Waals surface area contributed by atoms with E-state index in [1.54, 1.807) is 0 Å². The minimum absolute atomic E-state index is 1.18. The molecule has 0 aliphatic heterocycles. The summed E-state index contributed by atoms with van der Waals surface area (Å²) in [6.45, 7) is 4.13. The van der Waals surface area contributed by atoms with Gasteiger partial charge in [-0.3, -0.25) is 0 Å². The zero-order chi connectivity index (χ0) is 9.07. The van der Waals surface area contributed by atoms with E-state index in [0.717, 1.165) is 0 Å². The van der Waals surface area contributed by atoms with Crippen molar-refractivity contribution in [1.82, 2.24) is 0 Å². The van der Waals surface area contributed by atoms with Crippen LogP contribution in [0, 0.1) is 0 Å². The van der Waals surface area contributed by atoms with E-state index in [9.17, 15) is 0 Å². The highest BCUT2D eigenvalue weighted by Gasteiger charge is 1.76. The third-order valence-corrected chi connectivity index (χ3v) is 1.64. The molecule has 0 N–H and O–H groups in total. The second-order valence-electron chi connectivity index (χ2n) is 2.76. The molecule has 0 aromatic carbocycles. The van der Waals surface area contributed by atoms with Crippen molar-refractivity contribution in [2.75, 3.05) is 0 Å². The lowest BCUT2D eigenvalue weighted by molar-refractivity contribution is 1.00. The maximum atomic E-state index is 2.27. The molecular weight excluding hydrogens is 144 g/mol. The lowest BCUT2D eigenvalue weighted by Crippen LogP contribution is -1.66. The molecule has 0 saturated heterocycles. The molecule has 0 heterocycles. The smallest absolute Gasteiger partial charge is 0.0316 e. The highest BCUT2D eigenvalue weighted by molar-refractivity contribution is 4.88. The molecule has 12 heavy (non-hydrogen) atoms. The first kappa shape index (κ1) is 11.2. The molecule has 0 nitrogen and oxygen atoms in total. The molecule has 0 radical (unpaired) electrons. The monoisotopic (exact) mass is 164 g/mol. The van der Waals surface area contributed by atoms with Crippen LogP contribution in [0.15, 0.2) is 36.5 Å². The standard InChI is InChI=1S/C12H20/c1-3-5-7-9-11-12-10-8-6-4-2/h3-6,11-12H,7-10H2,1-2H3/b5-3+,6-4+,12-11+. The van der Waals surface area contributed by atoms with Crippen LogP contribution in [0.25, 0.3) is 0 Å². The second-order valence-corrected chi connectivity index (χ2v) is 2.76. The number of allylic oxidation sites excluding steroid dienone is 6. The summed E-state index contributed by atoms with van der Waals surface area (Å²) >= 11 is 0. The lowest BCUT2D eigenvalue weighted by Gasteiger charge is -1.87. The Morgan fingerprint density at radius 2 is 0.917 bits per heavy atom. The van der Waals surface area contributed by atoms with Crippen molar-refractivity contribution in [1.29, 1.82) is 0 Å². The van der Waals surface area contributed by atoms with E-state index in [1.807, 2.05) is 0 Å². The van der Waals surface area contributed by atoms with Gasteiger partial charge in [-0.15, -0.1) is 0 Å². The summed E-state index contributed by atoms with van der Waals surface area (Å²) < 4.78 is 0. The van der Waals surface area contributed by atoms with E-state index >= 15 is 0 Å². The zero-order valence-corrected chi connectivity index (χ0v) is 8.29. The summed E-state index contributed by atoms with van der Waals surface area (Å²) in [5, 5.41) is 0. The first-order valence-electron chi connectivity index (χ1n) is 4.79. The minimum Gasteiger partial charge on any atom is -0.0917 e. The molecular formula is C12H20. The van der Waals surface area contributed by atoms with Gasteiger partial charge in [-0.1, -0.05) is 36.5 Å². The molecule has 0 rings (SSSR count). The molecule has 0 atom stereocenters. The fourth-order valence-corrected chi connectivity index (χ4v) is 0.954. The molecule has 68 valence electrons. The van der Waals surface area contributed by atoms with Crippen LogP contribution < -0.4 is 0 Å². The van der Waals surface area contributed by atoms with Crippen molar-refractivity contribution < 1.29 is 0 Å². The van der Waals surface area contributed by atoms with E-state index in [-0.39, 0.29) is 0 Å². The average Bonchev–Trinajstić information content (AvgIpc) is 2.10. The Morgan fingerprint density at radius 3 is 1.25 bits per heavy atom. The van der Waals surface area contributed by atoms with Gasteiger partial charge in [-0.05, 0) is 39.5 Å². The van der Waals surface area contributed by atoms with Crippen LogP contribution in [0.1, 0.15) is 39.5 Å². The van der Waals surface area contributed by atoms with Crippen molar-refractivity contribution in [3.63, 3.8) is 0 Å². The first-order valence-corrected chi connectivity index (χ1v) is 4.79. The van der Waals surface area contributed by atoms with E-state index in [4.69, 9.17) is 0 Å². The maximum Gasteiger partial charge on any atom is -0.0316 e. The summed E-state index contributed by atoms with van der Waals surface area (Å²) in [7, 11) is 0. The highest BCUT2D eigenvalue weighted by atomic mass is 13.8. The fourth-order valence-electron chi connectivity index (χ4n) is 0.954. The van der Waals surface area contributed by atoms with Gasteiger partial charge in [0.25, 0.3) is 0 Å². The largest absolute Gasteiger partial charge is 0.0917 e. The van der Waals surface area contributed by atoms with Gasteiger partial charge in [0.05, 0.1) is 0 Å². The van der Waals surface area contributed by atoms with Crippen LogP contribution in [0.4, 0.5) is 0 Å². The van der Waals surface area contributed by atoms with Gasteiger partial charge < -0.3 is 0 Å². The van der Waals surface area contributed by atoms with Crippen LogP contribution >= 0.6 is 0 Å². The molecule has 0 aliphatic rings. The highest BCUT2D eigenvalue weighted by Crippen LogP contribution is 1.97. The van der Waals surface area contributed by atoms with Crippen molar-refractivity contribution in [2.24, 2.45) is 0 Å². The fraction of sp³-hybridized carbons (Fsp3) is 0.500. The Hall–Kier alpha value is -0.780. The van der Waals surface area contributed by atoms with Gasteiger partial charge in [-0.2, -0.15) is 0 Å². The van der Waals surface area contributed by atoms with E-state index < -0.39 is 0 Å².